The summed E-state index contributed by atoms with van der Waals surface area (Å²) in [5.41, 5.74) is 0. The summed E-state index contributed by atoms with van der Waals surface area (Å²) in [7, 11) is 0. The Balaban J connectivity index is 2.54. The lowest BCUT2D eigenvalue weighted by Crippen LogP contribution is -2.14. The van der Waals surface area contributed by atoms with E-state index in [1.165, 1.54) is 0 Å². The van der Waals surface area contributed by atoms with Gasteiger partial charge in [-0.2, -0.15) is 0 Å². The monoisotopic (exact) mass is 138 g/mol. The summed E-state index contributed by atoms with van der Waals surface area (Å²) in [6.07, 6.45) is 7.13. The van der Waals surface area contributed by atoms with Gasteiger partial charge < -0.3 is 0 Å². The first-order chi connectivity index (χ1) is 4.84. The van der Waals surface area contributed by atoms with E-state index in [9.17, 15) is 9.59 Å². The van der Waals surface area contributed by atoms with Gasteiger partial charge in [0.2, 0.25) is 5.78 Å². The van der Waals surface area contributed by atoms with Crippen molar-refractivity contribution in [2.75, 3.05) is 0 Å². The van der Waals surface area contributed by atoms with Gasteiger partial charge in [-0.1, -0.05) is 12.2 Å². The van der Waals surface area contributed by atoms with Crippen molar-refractivity contribution in [2.24, 2.45) is 5.92 Å². The molecule has 1 atom stereocenters. The number of allylic oxidation sites excluding steroid dienone is 2. The van der Waals surface area contributed by atoms with Gasteiger partial charge in [0.15, 0.2) is 6.29 Å². The van der Waals surface area contributed by atoms with Crippen LogP contribution in [0.5, 0.6) is 0 Å². The zero-order chi connectivity index (χ0) is 7.40. The van der Waals surface area contributed by atoms with Gasteiger partial charge in [-0.05, 0) is 19.3 Å². The Morgan fingerprint density at radius 2 is 2.40 bits per heavy atom. The molecule has 0 aromatic carbocycles. The van der Waals surface area contributed by atoms with Crippen molar-refractivity contribution >= 4 is 12.1 Å². The number of rotatable bonds is 2. The molecule has 0 saturated carbocycles. The van der Waals surface area contributed by atoms with E-state index in [0.29, 0.717) is 6.29 Å². The molecule has 54 valence electrons. The fourth-order valence-electron chi connectivity index (χ4n) is 1.14. The average Bonchev–Trinajstić information content (AvgIpc) is 2.05. The van der Waals surface area contributed by atoms with E-state index in [1.54, 1.807) is 0 Å². The molecule has 1 unspecified atom stereocenters. The summed E-state index contributed by atoms with van der Waals surface area (Å²) in [4.78, 5) is 20.8. The van der Waals surface area contributed by atoms with E-state index < -0.39 is 0 Å². The third kappa shape index (κ3) is 1.53. The van der Waals surface area contributed by atoms with Gasteiger partial charge in [-0.25, -0.2) is 0 Å². The first-order valence-electron chi connectivity index (χ1n) is 3.50. The molecular formula is C8H10O2. The molecule has 0 saturated heterocycles. The van der Waals surface area contributed by atoms with Crippen molar-refractivity contribution in [1.29, 1.82) is 0 Å². The standard InChI is InChI=1S/C8H10O2/c9-6-8(10)7-4-2-1-3-5-7/h2,4,6-7H,1,3,5H2. The predicted octanol–water partition coefficient (Wildman–Crippen LogP) is 1.11. The third-order valence-corrected chi connectivity index (χ3v) is 1.74. The fraction of sp³-hybridized carbons (Fsp3) is 0.500. The summed E-state index contributed by atoms with van der Waals surface area (Å²) in [5, 5.41) is 0. The van der Waals surface area contributed by atoms with Crippen molar-refractivity contribution in [2.45, 2.75) is 19.3 Å². The molecule has 1 aliphatic rings. The van der Waals surface area contributed by atoms with Crippen molar-refractivity contribution in [1.82, 2.24) is 0 Å². The number of Topliss-reactive ketones (excluding diaryl/α,β-unsaturated/α-hetero) is 1. The summed E-state index contributed by atoms with van der Waals surface area (Å²) in [5.74, 6) is -0.401. The van der Waals surface area contributed by atoms with Crippen molar-refractivity contribution in [3.05, 3.63) is 12.2 Å². The number of aldehydes is 1. The maximum absolute atomic E-state index is 10.7. The molecule has 1 rings (SSSR count). The van der Waals surface area contributed by atoms with Crippen LogP contribution >= 0.6 is 0 Å². The highest BCUT2D eigenvalue weighted by molar-refractivity contribution is 6.26. The SMILES string of the molecule is O=CC(=O)C1C=CCCC1. The fourth-order valence-corrected chi connectivity index (χ4v) is 1.14. The van der Waals surface area contributed by atoms with E-state index in [4.69, 9.17) is 0 Å². The molecular weight excluding hydrogens is 128 g/mol. The topological polar surface area (TPSA) is 34.1 Å². The minimum absolute atomic E-state index is 0.119. The van der Waals surface area contributed by atoms with E-state index in [1.807, 2.05) is 12.2 Å². The molecule has 2 heteroatoms. The van der Waals surface area contributed by atoms with Gasteiger partial charge in [0, 0.05) is 5.92 Å². The van der Waals surface area contributed by atoms with Crippen LogP contribution < -0.4 is 0 Å². The molecule has 0 aromatic rings. The molecule has 0 aliphatic heterocycles. The lowest BCUT2D eigenvalue weighted by molar-refractivity contribution is -0.131. The second kappa shape index (κ2) is 3.30. The summed E-state index contributed by atoms with van der Waals surface area (Å²) in [6.45, 7) is 0. The Bertz CT molecular complexity index is 170. The van der Waals surface area contributed by atoms with Crippen LogP contribution in [0.4, 0.5) is 0 Å². The molecule has 0 amide bonds. The van der Waals surface area contributed by atoms with E-state index >= 15 is 0 Å². The molecule has 0 spiro atoms. The highest BCUT2D eigenvalue weighted by atomic mass is 16.2. The Labute approximate surface area is 59.9 Å². The molecule has 0 N–H and O–H groups in total. The van der Waals surface area contributed by atoms with Crippen LogP contribution in [0.15, 0.2) is 12.2 Å². The molecule has 0 aromatic heterocycles. The maximum atomic E-state index is 10.7. The summed E-state index contributed by atoms with van der Waals surface area (Å²) >= 11 is 0. The highest BCUT2D eigenvalue weighted by Gasteiger charge is 2.15. The largest absolute Gasteiger partial charge is 0.295 e. The van der Waals surface area contributed by atoms with Gasteiger partial charge in [0.05, 0.1) is 0 Å². The van der Waals surface area contributed by atoms with E-state index in [-0.39, 0.29) is 11.7 Å². The van der Waals surface area contributed by atoms with Crippen LogP contribution in [0.2, 0.25) is 0 Å². The molecule has 2 nitrogen and oxygen atoms in total. The second-order valence-electron chi connectivity index (χ2n) is 2.49. The zero-order valence-electron chi connectivity index (χ0n) is 5.75. The van der Waals surface area contributed by atoms with Gasteiger partial charge in [-0.3, -0.25) is 9.59 Å². The van der Waals surface area contributed by atoms with E-state index in [0.717, 1.165) is 19.3 Å². The lowest BCUT2D eigenvalue weighted by atomic mass is 9.93. The summed E-state index contributed by atoms with van der Waals surface area (Å²) in [6, 6.07) is 0. The van der Waals surface area contributed by atoms with Gasteiger partial charge in [-0.15, -0.1) is 0 Å². The average molecular weight is 138 g/mol. The van der Waals surface area contributed by atoms with Crippen LogP contribution in [0.1, 0.15) is 19.3 Å². The van der Waals surface area contributed by atoms with Crippen LogP contribution in [-0.4, -0.2) is 12.1 Å². The zero-order valence-corrected chi connectivity index (χ0v) is 5.75. The second-order valence-corrected chi connectivity index (χ2v) is 2.49. The quantitative estimate of drug-likeness (QED) is 0.325. The van der Waals surface area contributed by atoms with E-state index in [2.05, 4.69) is 0 Å². The Hall–Kier alpha value is -0.920. The van der Waals surface area contributed by atoms with Crippen molar-refractivity contribution in [3.8, 4) is 0 Å². The molecule has 1 aliphatic carbocycles. The van der Waals surface area contributed by atoms with Gasteiger partial charge in [0.1, 0.15) is 0 Å². The number of ketones is 1. The molecule has 0 heterocycles. The first kappa shape index (κ1) is 7.19. The van der Waals surface area contributed by atoms with Crippen LogP contribution in [0, 0.1) is 5.92 Å². The predicted molar refractivity (Wildman–Crippen MR) is 37.6 cm³/mol. The Morgan fingerprint density at radius 1 is 1.60 bits per heavy atom. The normalized spacial score (nSPS) is 24.2. The molecule has 0 radical (unpaired) electrons. The van der Waals surface area contributed by atoms with Crippen molar-refractivity contribution in [3.63, 3.8) is 0 Å². The van der Waals surface area contributed by atoms with Crippen molar-refractivity contribution < 1.29 is 9.59 Å². The molecule has 0 fully saturated rings. The minimum Gasteiger partial charge on any atom is -0.295 e. The number of carbonyl (C=O) groups is 2. The number of hydrogen-bond acceptors (Lipinski definition) is 2. The minimum atomic E-state index is -0.282. The number of carbonyl (C=O) groups excluding carboxylic acids is 2. The number of hydrogen-bond donors (Lipinski definition) is 0. The smallest absolute Gasteiger partial charge is 0.201 e. The van der Waals surface area contributed by atoms with Crippen LogP contribution in [-0.2, 0) is 9.59 Å². The third-order valence-electron chi connectivity index (χ3n) is 1.74. The molecule has 10 heavy (non-hydrogen) atoms. The first-order valence-corrected chi connectivity index (χ1v) is 3.50. The maximum Gasteiger partial charge on any atom is 0.201 e. The summed E-state index contributed by atoms with van der Waals surface area (Å²) < 4.78 is 0. The highest BCUT2D eigenvalue weighted by Crippen LogP contribution is 2.16. The Kier molecular flexibility index (Phi) is 2.37. The Morgan fingerprint density at radius 3 is 2.90 bits per heavy atom. The van der Waals surface area contributed by atoms with Gasteiger partial charge >= 0.3 is 0 Å². The van der Waals surface area contributed by atoms with Gasteiger partial charge in [0.25, 0.3) is 0 Å². The van der Waals surface area contributed by atoms with Crippen LogP contribution in [0.3, 0.4) is 0 Å². The lowest BCUT2D eigenvalue weighted by Gasteiger charge is -2.10. The van der Waals surface area contributed by atoms with Crippen LogP contribution in [0.25, 0.3) is 0 Å². The molecule has 0 bridgehead atoms.